The summed E-state index contributed by atoms with van der Waals surface area (Å²) in [5.74, 6) is 0.515. The lowest BCUT2D eigenvalue weighted by atomic mass is 10.3. The van der Waals surface area contributed by atoms with Crippen LogP contribution in [0.2, 0.25) is 0 Å². The molecule has 0 spiro atoms. The number of nitrogens with one attached hydrogen (secondary N) is 2. The van der Waals surface area contributed by atoms with E-state index in [1.807, 2.05) is 0 Å². The van der Waals surface area contributed by atoms with Crippen molar-refractivity contribution >= 4 is 37.2 Å². The summed E-state index contributed by atoms with van der Waals surface area (Å²) in [6.07, 6.45) is 0. The number of sulfonamides is 2. The van der Waals surface area contributed by atoms with E-state index in [1.54, 1.807) is 6.92 Å². The highest BCUT2D eigenvalue weighted by Gasteiger charge is 2.18. The molecule has 3 aromatic rings. The van der Waals surface area contributed by atoms with Gasteiger partial charge >= 0.3 is 0 Å². The fourth-order valence-corrected chi connectivity index (χ4v) is 4.22. The SMILES string of the molecule is Cc1cc(NS(=O)(=O)c2ccc(NS(=O)(=O)c3ccc(N)cc3)cc2)no1. The Kier molecular flexibility index (Phi) is 4.81. The molecule has 1 heterocycles. The lowest BCUT2D eigenvalue weighted by Gasteiger charge is -2.09. The van der Waals surface area contributed by atoms with Crippen LogP contribution in [0.5, 0.6) is 0 Å². The zero-order chi connectivity index (χ0) is 19.7. The minimum absolute atomic E-state index is 0.0384. The number of hydrogen-bond donors (Lipinski definition) is 3. The summed E-state index contributed by atoms with van der Waals surface area (Å²) in [5, 5.41) is 3.57. The summed E-state index contributed by atoms with van der Waals surface area (Å²) >= 11 is 0. The Morgan fingerprint density at radius 3 is 1.89 bits per heavy atom. The predicted octanol–water partition coefficient (Wildman–Crippen LogP) is 2.17. The Bertz CT molecular complexity index is 1150. The smallest absolute Gasteiger partial charge is 0.263 e. The number of rotatable bonds is 6. The monoisotopic (exact) mass is 408 g/mol. The summed E-state index contributed by atoms with van der Waals surface area (Å²) in [6, 6.07) is 12.4. The second-order valence-corrected chi connectivity index (χ2v) is 8.99. The lowest BCUT2D eigenvalue weighted by molar-refractivity contribution is 0.400. The molecule has 11 heteroatoms. The third-order valence-electron chi connectivity index (χ3n) is 3.47. The van der Waals surface area contributed by atoms with Crippen LogP contribution in [0.4, 0.5) is 17.2 Å². The molecule has 27 heavy (non-hydrogen) atoms. The Balaban J connectivity index is 1.77. The molecule has 3 rings (SSSR count). The molecule has 0 aliphatic rings. The van der Waals surface area contributed by atoms with E-state index >= 15 is 0 Å². The molecule has 1 aromatic heterocycles. The zero-order valence-corrected chi connectivity index (χ0v) is 15.7. The van der Waals surface area contributed by atoms with Crippen LogP contribution in [-0.2, 0) is 20.0 Å². The maximum absolute atomic E-state index is 12.3. The van der Waals surface area contributed by atoms with Gasteiger partial charge in [-0.2, -0.15) is 0 Å². The molecule has 9 nitrogen and oxygen atoms in total. The first-order valence-electron chi connectivity index (χ1n) is 7.60. The van der Waals surface area contributed by atoms with E-state index in [4.69, 9.17) is 10.3 Å². The molecule has 0 amide bonds. The number of nitrogens with zero attached hydrogens (tertiary/aromatic N) is 1. The fourth-order valence-electron chi connectivity index (χ4n) is 2.17. The minimum Gasteiger partial charge on any atom is -0.399 e. The standard InChI is InChI=1S/C16H16N4O5S2/c1-11-10-16(18-25-11)20-27(23,24)15-8-4-13(5-9-15)19-26(21,22)14-6-2-12(17)3-7-14/h2-10,19H,17H2,1H3,(H,18,20). The molecule has 0 atom stereocenters. The number of nitrogen functional groups attached to an aromatic ring is 1. The van der Waals surface area contributed by atoms with Crippen molar-refractivity contribution in [1.82, 2.24) is 5.16 Å². The molecule has 0 saturated carbocycles. The first-order chi connectivity index (χ1) is 12.7. The second kappa shape index (κ2) is 6.93. The van der Waals surface area contributed by atoms with E-state index in [9.17, 15) is 16.8 Å². The number of hydrogen-bond acceptors (Lipinski definition) is 7. The highest BCUT2D eigenvalue weighted by Crippen LogP contribution is 2.21. The maximum Gasteiger partial charge on any atom is 0.263 e. The van der Waals surface area contributed by atoms with E-state index in [0.29, 0.717) is 11.4 Å². The van der Waals surface area contributed by atoms with Crippen molar-refractivity contribution in [3.05, 3.63) is 60.4 Å². The van der Waals surface area contributed by atoms with Crippen molar-refractivity contribution in [1.29, 1.82) is 0 Å². The number of nitrogens with two attached hydrogens (primary N) is 1. The molecule has 142 valence electrons. The van der Waals surface area contributed by atoms with Gasteiger partial charge in [0.15, 0.2) is 5.82 Å². The Morgan fingerprint density at radius 2 is 1.37 bits per heavy atom. The van der Waals surface area contributed by atoms with Crippen LogP contribution in [0.1, 0.15) is 5.76 Å². The molecule has 0 aliphatic heterocycles. The van der Waals surface area contributed by atoms with E-state index in [1.165, 1.54) is 54.6 Å². The van der Waals surface area contributed by atoms with Crippen molar-refractivity contribution in [3.8, 4) is 0 Å². The van der Waals surface area contributed by atoms with Gasteiger partial charge in [0, 0.05) is 17.4 Å². The average Bonchev–Trinajstić information content (AvgIpc) is 2.99. The van der Waals surface area contributed by atoms with Gasteiger partial charge in [0.1, 0.15) is 5.76 Å². The maximum atomic E-state index is 12.3. The van der Waals surface area contributed by atoms with E-state index in [-0.39, 0.29) is 21.3 Å². The summed E-state index contributed by atoms with van der Waals surface area (Å²) in [4.78, 5) is -0.0185. The molecule has 0 unspecified atom stereocenters. The van der Waals surface area contributed by atoms with E-state index < -0.39 is 20.0 Å². The third kappa shape index (κ3) is 4.38. The number of aryl methyl sites for hydroxylation is 1. The first kappa shape index (κ1) is 18.7. The second-order valence-electron chi connectivity index (χ2n) is 5.63. The average molecular weight is 408 g/mol. The molecular weight excluding hydrogens is 392 g/mol. The topological polar surface area (TPSA) is 144 Å². The molecule has 0 saturated heterocycles. The normalized spacial score (nSPS) is 11.9. The van der Waals surface area contributed by atoms with Crippen LogP contribution in [0.3, 0.4) is 0 Å². The van der Waals surface area contributed by atoms with Gasteiger partial charge in [0.25, 0.3) is 20.0 Å². The molecule has 0 aliphatic carbocycles. The third-order valence-corrected chi connectivity index (χ3v) is 6.24. The minimum atomic E-state index is -3.88. The highest BCUT2D eigenvalue weighted by atomic mass is 32.2. The van der Waals surface area contributed by atoms with Crippen LogP contribution in [0.15, 0.2) is 68.9 Å². The van der Waals surface area contributed by atoms with Gasteiger partial charge in [0.2, 0.25) is 0 Å². The van der Waals surface area contributed by atoms with Gasteiger partial charge < -0.3 is 10.3 Å². The lowest BCUT2D eigenvalue weighted by Crippen LogP contribution is -2.14. The number of benzene rings is 2. The van der Waals surface area contributed by atoms with Crippen molar-refractivity contribution in [3.63, 3.8) is 0 Å². The summed E-state index contributed by atoms with van der Waals surface area (Å²) in [6.45, 7) is 1.63. The fraction of sp³-hybridized carbons (Fsp3) is 0.0625. The summed E-state index contributed by atoms with van der Waals surface area (Å²) in [7, 11) is -7.70. The number of anilines is 3. The van der Waals surface area contributed by atoms with E-state index in [2.05, 4.69) is 14.6 Å². The summed E-state index contributed by atoms with van der Waals surface area (Å²) in [5.41, 5.74) is 6.20. The molecular formula is C16H16N4O5S2. The number of aromatic nitrogens is 1. The predicted molar refractivity (Wildman–Crippen MR) is 100 cm³/mol. The molecule has 0 bridgehead atoms. The largest absolute Gasteiger partial charge is 0.399 e. The van der Waals surface area contributed by atoms with Crippen molar-refractivity contribution in [2.45, 2.75) is 16.7 Å². The van der Waals surface area contributed by atoms with Gasteiger partial charge in [-0.15, -0.1) is 0 Å². The van der Waals surface area contributed by atoms with Crippen LogP contribution in [0, 0.1) is 6.92 Å². The van der Waals surface area contributed by atoms with Crippen LogP contribution in [-0.4, -0.2) is 22.0 Å². The quantitative estimate of drug-likeness (QED) is 0.530. The van der Waals surface area contributed by atoms with Gasteiger partial charge in [-0.25, -0.2) is 16.8 Å². The van der Waals surface area contributed by atoms with Gasteiger partial charge in [-0.05, 0) is 55.5 Å². The summed E-state index contributed by atoms with van der Waals surface area (Å²) < 4.78 is 58.8. The van der Waals surface area contributed by atoms with Crippen molar-refractivity contribution in [2.24, 2.45) is 0 Å². The zero-order valence-electron chi connectivity index (χ0n) is 14.1. The van der Waals surface area contributed by atoms with Crippen molar-refractivity contribution in [2.75, 3.05) is 15.2 Å². The van der Waals surface area contributed by atoms with Crippen LogP contribution >= 0.6 is 0 Å². The van der Waals surface area contributed by atoms with Crippen molar-refractivity contribution < 1.29 is 21.4 Å². The van der Waals surface area contributed by atoms with E-state index in [0.717, 1.165) is 0 Å². The van der Waals surface area contributed by atoms with Crippen LogP contribution in [0.25, 0.3) is 0 Å². The Labute approximate surface area is 156 Å². The molecule has 0 radical (unpaired) electrons. The van der Waals surface area contributed by atoms with Crippen LogP contribution < -0.4 is 15.2 Å². The Morgan fingerprint density at radius 1 is 0.852 bits per heavy atom. The Hall–Kier alpha value is -3.05. The van der Waals surface area contributed by atoms with Gasteiger partial charge in [-0.1, -0.05) is 5.16 Å². The first-order valence-corrected chi connectivity index (χ1v) is 10.6. The molecule has 0 fully saturated rings. The van der Waals surface area contributed by atoms with Gasteiger partial charge in [-0.3, -0.25) is 9.44 Å². The molecule has 2 aromatic carbocycles. The highest BCUT2D eigenvalue weighted by molar-refractivity contribution is 7.93. The van der Waals surface area contributed by atoms with Gasteiger partial charge in [0.05, 0.1) is 9.79 Å². The molecule has 4 N–H and O–H groups in total.